The van der Waals surface area contributed by atoms with Crippen LogP contribution in [0.5, 0.6) is 0 Å². The lowest BCUT2D eigenvalue weighted by atomic mass is 9.85. The Bertz CT molecular complexity index is 884. The van der Waals surface area contributed by atoms with Crippen molar-refractivity contribution < 1.29 is 19.1 Å². The molecule has 1 aliphatic carbocycles. The summed E-state index contributed by atoms with van der Waals surface area (Å²) in [7, 11) is 1.87. The molecule has 1 amide bonds. The number of carbonyl (C=O) groups excluding carboxylic acids is 1. The fraction of sp³-hybridized carbons (Fsp3) is 0.524. The van der Waals surface area contributed by atoms with Crippen LogP contribution in [0.1, 0.15) is 38.8 Å². The van der Waals surface area contributed by atoms with Crippen molar-refractivity contribution in [3.63, 3.8) is 0 Å². The number of carbonyl (C=O) groups is 2. The number of halogens is 1. The van der Waals surface area contributed by atoms with Gasteiger partial charge in [-0.25, -0.2) is 4.39 Å². The van der Waals surface area contributed by atoms with Crippen molar-refractivity contribution in [2.45, 2.75) is 39.7 Å². The minimum atomic E-state index is -0.833. The molecule has 1 spiro atoms. The highest BCUT2D eigenvalue weighted by Crippen LogP contribution is 2.68. The molecule has 2 heterocycles. The summed E-state index contributed by atoms with van der Waals surface area (Å²) in [4.78, 5) is 27.1. The number of fused-ring (bicyclic) bond motifs is 1. The molecule has 0 bridgehead atoms. The summed E-state index contributed by atoms with van der Waals surface area (Å²) in [5.41, 5.74) is 1.82. The Morgan fingerprint density at radius 2 is 1.89 bits per heavy atom. The smallest absolute Gasteiger partial charge is 0.300 e. The highest BCUT2D eigenvalue weighted by molar-refractivity contribution is 5.87. The minimum absolute atomic E-state index is 0.202. The molecule has 1 saturated heterocycles. The minimum Gasteiger partial charge on any atom is -0.481 e. The van der Waals surface area contributed by atoms with Crippen LogP contribution < -0.4 is 5.32 Å². The molecule has 1 atom stereocenters. The first-order chi connectivity index (χ1) is 13.2. The van der Waals surface area contributed by atoms with Gasteiger partial charge in [0, 0.05) is 30.6 Å². The molecule has 3 N–H and O–H groups in total. The average molecular weight is 389 g/mol. The Balaban J connectivity index is 0.000000516. The zero-order valence-electron chi connectivity index (χ0n) is 16.6. The monoisotopic (exact) mass is 389 g/mol. The van der Waals surface area contributed by atoms with Gasteiger partial charge in [0.1, 0.15) is 5.82 Å². The molecule has 1 aromatic carbocycles. The molecule has 6 nitrogen and oxygen atoms in total. The van der Waals surface area contributed by atoms with Crippen molar-refractivity contribution in [2.75, 3.05) is 20.1 Å². The number of aromatic nitrogens is 1. The van der Waals surface area contributed by atoms with Crippen LogP contribution in [0.2, 0.25) is 0 Å². The first-order valence-corrected chi connectivity index (χ1v) is 9.60. The molecule has 152 valence electrons. The zero-order chi connectivity index (χ0) is 20.5. The molecule has 2 aliphatic rings. The van der Waals surface area contributed by atoms with E-state index in [0.717, 1.165) is 55.9 Å². The Morgan fingerprint density at radius 3 is 2.54 bits per heavy atom. The molecular weight excluding hydrogens is 361 g/mol. The lowest BCUT2D eigenvalue weighted by Crippen LogP contribution is -2.39. The number of amides is 1. The van der Waals surface area contributed by atoms with E-state index in [0.29, 0.717) is 6.54 Å². The molecule has 7 heteroatoms. The van der Waals surface area contributed by atoms with Crippen molar-refractivity contribution in [3.8, 4) is 0 Å². The number of nitrogens with one attached hydrogen (secondary N) is 2. The van der Waals surface area contributed by atoms with Crippen LogP contribution in [0, 0.1) is 16.6 Å². The van der Waals surface area contributed by atoms with Crippen LogP contribution in [-0.4, -0.2) is 47.0 Å². The van der Waals surface area contributed by atoms with Crippen LogP contribution in [0.25, 0.3) is 10.9 Å². The molecule has 2 fully saturated rings. The summed E-state index contributed by atoms with van der Waals surface area (Å²) in [6, 6.07) is 6.63. The Labute approximate surface area is 164 Å². The number of H-pyrrole nitrogens is 1. The van der Waals surface area contributed by atoms with Crippen LogP contribution >= 0.6 is 0 Å². The van der Waals surface area contributed by atoms with Gasteiger partial charge in [-0.3, -0.25) is 9.59 Å². The molecule has 1 saturated carbocycles. The number of piperidine rings is 1. The van der Waals surface area contributed by atoms with Gasteiger partial charge in [-0.05, 0) is 62.0 Å². The van der Waals surface area contributed by atoms with Gasteiger partial charge < -0.3 is 20.3 Å². The third-order valence-electron chi connectivity index (χ3n) is 6.16. The number of nitrogens with zero attached hydrogens (tertiary/aromatic N) is 1. The van der Waals surface area contributed by atoms with Gasteiger partial charge in [-0.1, -0.05) is 6.92 Å². The third kappa shape index (κ3) is 3.90. The topological polar surface area (TPSA) is 85.4 Å². The van der Waals surface area contributed by atoms with E-state index in [1.807, 2.05) is 18.0 Å². The fourth-order valence-corrected chi connectivity index (χ4v) is 4.57. The SMILES string of the molecule is CC(=O)O.CN(Cc1cc2cc(F)ccc2[nH]1)C(=O)C1(C)CC12CCNCC2. The van der Waals surface area contributed by atoms with Crippen molar-refractivity contribution in [2.24, 2.45) is 10.8 Å². The van der Waals surface area contributed by atoms with E-state index in [-0.39, 0.29) is 22.6 Å². The standard InChI is InChI=1S/C19H24FN3O.C2H4O2/c1-18(12-19(18)5-7-21-8-6-19)17(24)23(2)11-15-10-13-9-14(20)3-4-16(13)22-15;1-2(3)4/h3-4,9-10,21-22H,5-8,11-12H2,1-2H3;1H3,(H,3,4). The molecule has 4 rings (SSSR count). The van der Waals surface area contributed by atoms with Crippen LogP contribution in [0.3, 0.4) is 0 Å². The van der Waals surface area contributed by atoms with Gasteiger partial charge in [0.15, 0.2) is 0 Å². The summed E-state index contributed by atoms with van der Waals surface area (Å²) in [5.74, 6) is -0.843. The van der Waals surface area contributed by atoms with Gasteiger partial charge >= 0.3 is 0 Å². The summed E-state index contributed by atoms with van der Waals surface area (Å²) < 4.78 is 13.3. The molecule has 1 unspecified atom stereocenters. The normalized spacial score (nSPS) is 22.4. The van der Waals surface area contributed by atoms with Crippen molar-refractivity contribution in [1.82, 2.24) is 15.2 Å². The highest BCUT2D eigenvalue weighted by Gasteiger charge is 2.68. The summed E-state index contributed by atoms with van der Waals surface area (Å²) in [6.07, 6.45) is 3.19. The molecule has 0 radical (unpaired) electrons. The van der Waals surface area contributed by atoms with E-state index in [9.17, 15) is 9.18 Å². The molecular formula is C21H28FN3O3. The quantitative estimate of drug-likeness (QED) is 0.753. The van der Waals surface area contributed by atoms with E-state index in [1.165, 1.54) is 12.1 Å². The van der Waals surface area contributed by atoms with Crippen molar-refractivity contribution in [3.05, 3.63) is 35.8 Å². The largest absolute Gasteiger partial charge is 0.481 e. The van der Waals surface area contributed by atoms with E-state index in [4.69, 9.17) is 9.90 Å². The van der Waals surface area contributed by atoms with Gasteiger partial charge in [-0.15, -0.1) is 0 Å². The number of aromatic amines is 1. The van der Waals surface area contributed by atoms with E-state index in [1.54, 1.807) is 6.07 Å². The highest BCUT2D eigenvalue weighted by atomic mass is 19.1. The lowest BCUT2D eigenvalue weighted by molar-refractivity contribution is -0.137. The van der Waals surface area contributed by atoms with E-state index >= 15 is 0 Å². The van der Waals surface area contributed by atoms with Crippen molar-refractivity contribution >= 4 is 22.8 Å². The number of aliphatic carboxylic acids is 1. The molecule has 1 aromatic heterocycles. The second-order valence-corrected chi connectivity index (χ2v) is 8.25. The first kappa shape index (κ1) is 20.3. The van der Waals surface area contributed by atoms with Gasteiger partial charge in [0.05, 0.1) is 12.0 Å². The fourth-order valence-electron chi connectivity index (χ4n) is 4.57. The van der Waals surface area contributed by atoms with Gasteiger partial charge in [0.2, 0.25) is 5.91 Å². The maximum atomic E-state index is 13.3. The van der Waals surface area contributed by atoms with Gasteiger partial charge in [0.25, 0.3) is 5.97 Å². The molecule has 28 heavy (non-hydrogen) atoms. The van der Waals surface area contributed by atoms with Crippen LogP contribution in [0.4, 0.5) is 4.39 Å². The number of hydrogen-bond donors (Lipinski definition) is 3. The maximum Gasteiger partial charge on any atom is 0.300 e. The predicted octanol–water partition coefficient (Wildman–Crippen LogP) is 3.14. The van der Waals surface area contributed by atoms with Crippen LogP contribution in [0.15, 0.2) is 24.3 Å². The summed E-state index contributed by atoms with van der Waals surface area (Å²) in [5, 5.41) is 11.6. The number of hydrogen-bond acceptors (Lipinski definition) is 3. The van der Waals surface area contributed by atoms with Gasteiger partial charge in [-0.2, -0.15) is 0 Å². The second-order valence-electron chi connectivity index (χ2n) is 8.25. The van der Waals surface area contributed by atoms with Crippen LogP contribution in [-0.2, 0) is 16.1 Å². The average Bonchev–Trinajstić information content (AvgIpc) is 2.99. The Morgan fingerprint density at radius 1 is 1.25 bits per heavy atom. The van der Waals surface area contributed by atoms with E-state index < -0.39 is 5.97 Å². The number of carboxylic acid groups (broad SMARTS) is 1. The van der Waals surface area contributed by atoms with E-state index in [2.05, 4.69) is 17.2 Å². The third-order valence-corrected chi connectivity index (χ3v) is 6.16. The number of rotatable bonds is 3. The van der Waals surface area contributed by atoms with Crippen molar-refractivity contribution in [1.29, 1.82) is 0 Å². The zero-order valence-corrected chi connectivity index (χ0v) is 16.6. The molecule has 1 aliphatic heterocycles. The number of benzene rings is 1. The molecule has 2 aromatic rings. The predicted molar refractivity (Wildman–Crippen MR) is 105 cm³/mol. The summed E-state index contributed by atoms with van der Waals surface area (Å²) in [6.45, 7) is 5.76. The number of carboxylic acids is 1. The Kier molecular flexibility index (Phi) is 5.48. The summed E-state index contributed by atoms with van der Waals surface area (Å²) >= 11 is 0. The maximum absolute atomic E-state index is 13.3. The Hall–Kier alpha value is -2.41. The first-order valence-electron chi connectivity index (χ1n) is 9.60. The lowest BCUT2D eigenvalue weighted by Gasteiger charge is -2.29. The second kappa shape index (κ2) is 7.54.